The fraction of sp³-hybridized carbons (Fsp3) is 0.350. The molecule has 0 saturated carbocycles. The van der Waals surface area contributed by atoms with Gasteiger partial charge in [0.1, 0.15) is 11.6 Å². The standard InChI is InChI=1S/C20H24FN5O4S/c21-17-6-4-16(5-7-17)20(28)24-15-19(27)23-9-14-31(29,30)26-12-10-25(11-13-26)18-3-1-2-8-22-18/h1-8H,9-15H2,(H,23,27)(H,24,28). The van der Waals surface area contributed by atoms with Crippen LogP contribution in [0.2, 0.25) is 0 Å². The Morgan fingerprint density at radius 1 is 1.00 bits per heavy atom. The summed E-state index contributed by atoms with van der Waals surface area (Å²) in [6, 6.07) is 10.5. The molecule has 166 valence electrons. The van der Waals surface area contributed by atoms with Crippen LogP contribution in [0, 0.1) is 5.82 Å². The van der Waals surface area contributed by atoms with Crippen molar-refractivity contribution in [2.45, 2.75) is 0 Å². The van der Waals surface area contributed by atoms with Crippen molar-refractivity contribution in [1.29, 1.82) is 0 Å². The molecular weight excluding hydrogens is 425 g/mol. The fourth-order valence-electron chi connectivity index (χ4n) is 3.11. The highest BCUT2D eigenvalue weighted by atomic mass is 32.2. The molecule has 1 saturated heterocycles. The first-order valence-corrected chi connectivity index (χ1v) is 11.4. The van der Waals surface area contributed by atoms with E-state index in [-0.39, 0.29) is 24.4 Å². The van der Waals surface area contributed by atoms with Crippen molar-refractivity contribution >= 4 is 27.7 Å². The summed E-state index contributed by atoms with van der Waals surface area (Å²) in [5.41, 5.74) is 0.224. The van der Waals surface area contributed by atoms with Gasteiger partial charge in [0.05, 0.1) is 12.3 Å². The summed E-state index contributed by atoms with van der Waals surface area (Å²) >= 11 is 0. The quantitative estimate of drug-likeness (QED) is 0.596. The lowest BCUT2D eigenvalue weighted by atomic mass is 10.2. The molecule has 9 nitrogen and oxygen atoms in total. The molecule has 1 aliphatic rings. The van der Waals surface area contributed by atoms with E-state index < -0.39 is 27.7 Å². The summed E-state index contributed by atoms with van der Waals surface area (Å²) in [7, 11) is -3.51. The van der Waals surface area contributed by atoms with Crippen LogP contribution >= 0.6 is 0 Å². The Morgan fingerprint density at radius 3 is 2.35 bits per heavy atom. The van der Waals surface area contributed by atoms with Gasteiger partial charge in [-0.1, -0.05) is 6.07 Å². The van der Waals surface area contributed by atoms with Crippen molar-refractivity contribution < 1.29 is 22.4 Å². The number of rotatable bonds is 8. The number of sulfonamides is 1. The van der Waals surface area contributed by atoms with Crippen LogP contribution in [0.5, 0.6) is 0 Å². The molecule has 1 fully saturated rings. The van der Waals surface area contributed by atoms with Gasteiger partial charge in [0.15, 0.2) is 0 Å². The van der Waals surface area contributed by atoms with Crippen LogP contribution in [0.15, 0.2) is 48.7 Å². The lowest BCUT2D eigenvalue weighted by molar-refractivity contribution is -0.120. The third-order valence-electron chi connectivity index (χ3n) is 4.80. The number of anilines is 1. The molecule has 1 aromatic heterocycles. The van der Waals surface area contributed by atoms with Crippen LogP contribution in [0.1, 0.15) is 10.4 Å². The molecule has 0 atom stereocenters. The second-order valence-corrected chi connectivity index (χ2v) is 9.02. The minimum atomic E-state index is -3.51. The Kier molecular flexibility index (Phi) is 7.53. The molecule has 1 aromatic carbocycles. The van der Waals surface area contributed by atoms with Crippen molar-refractivity contribution in [3.63, 3.8) is 0 Å². The Labute approximate surface area is 180 Å². The lowest BCUT2D eigenvalue weighted by Gasteiger charge is -2.34. The van der Waals surface area contributed by atoms with Crippen LogP contribution in [0.4, 0.5) is 10.2 Å². The molecule has 2 aromatic rings. The molecule has 3 rings (SSSR count). The van der Waals surface area contributed by atoms with Crippen LogP contribution < -0.4 is 15.5 Å². The largest absolute Gasteiger partial charge is 0.354 e. The minimum Gasteiger partial charge on any atom is -0.354 e. The Balaban J connectivity index is 1.38. The highest BCUT2D eigenvalue weighted by Gasteiger charge is 2.27. The maximum Gasteiger partial charge on any atom is 0.251 e. The van der Waals surface area contributed by atoms with Crippen LogP contribution in [-0.2, 0) is 14.8 Å². The smallest absolute Gasteiger partial charge is 0.251 e. The number of carbonyl (C=O) groups excluding carboxylic acids is 2. The van der Waals surface area contributed by atoms with Crippen molar-refractivity contribution in [2.75, 3.05) is 49.9 Å². The van der Waals surface area contributed by atoms with Crippen molar-refractivity contribution in [3.8, 4) is 0 Å². The summed E-state index contributed by atoms with van der Waals surface area (Å²) < 4.78 is 39.3. The molecule has 31 heavy (non-hydrogen) atoms. The number of nitrogens with one attached hydrogen (secondary N) is 2. The van der Waals surface area contributed by atoms with Gasteiger partial charge in [-0.15, -0.1) is 0 Å². The number of aromatic nitrogens is 1. The average molecular weight is 450 g/mol. The second kappa shape index (κ2) is 10.3. The summed E-state index contributed by atoms with van der Waals surface area (Å²) in [4.78, 5) is 30.1. The van der Waals surface area contributed by atoms with E-state index in [1.807, 2.05) is 23.1 Å². The van der Waals surface area contributed by atoms with Crippen LogP contribution in [-0.4, -0.2) is 74.5 Å². The van der Waals surface area contributed by atoms with Gasteiger partial charge < -0.3 is 15.5 Å². The molecular formula is C20H24FN5O4S. The van der Waals surface area contributed by atoms with E-state index in [4.69, 9.17) is 0 Å². The molecule has 0 spiro atoms. The molecule has 0 radical (unpaired) electrons. The predicted molar refractivity (Wildman–Crippen MR) is 114 cm³/mol. The molecule has 0 aliphatic carbocycles. The molecule has 11 heteroatoms. The lowest BCUT2D eigenvalue weighted by Crippen LogP contribution is -2.50. The molecule has 0 bridgehead atoms. The fourth-order valence-corrected chi connectivity index (χ4v) is 4.45. The van der Waals surface area contributed by atoms with Gasteiger partial charge in [0.25, 0.3) is 5.91 Å². The van der Waals surface area contributed by atoms with E-state index in [1.165, 1.54) is 16.4 Å². The molecule has 2 amide bonds. The first-order chi connectivity index (χ1) is 14.8. The van der Waals surface area contributed by atoms with Crippen molar-refractivity contribution in [1.82, 2.24) is 19.9 Å². The monoisotopic (exact) mass is 449 g/mol. The number of pyridine rings is 1. The van der Waals surface area contributed by atoms with E-state index in [9.17, 15) is 22.4 Å². The number of carbonyl (C=O) groups is 2. The zero-order valence-corrected chi connectivity index (χ0v) is 17.6. The van der Waals surface area contributed by atoms with E-state index in [0.717, 1.165) is 18.0 Å². The molecule has 2 N–H and O–H groups in total. The Hall–Kier alpha value is -3.05. The minimum absolute atomic E-state index is 0.0615. The molecule has 0 unspecified atom stereocenters. The number of nitrogens with zero attached hydrogens (tertiary/aromatic N) is 3. The summed E-state index contributed by atoms with van der Waals surface area (Å²) in [6.07, 6.45) is 1.70. The van der Waals surface area contributed by atoms with Gasteiger partial charge in [-0.2, -0.15) is 4.31 Å². The van der Waals surface area contributed by atoms with Gasteiger partial charge in [-0.3, -0.25) is 9.59 Å². The molecule has 2 heterocycles. The highest BCUT2D eigenvalue weighted by Crippen LogP contribution is 2.14. The second-order valence-electron chi connectivity index (χ2n) is 6.93. The van der Waals surface area contributed by atoms with Gasteiger partial charge in [-0.25, -0.2) is 17.8 Å². The topological polar surface area (TPSA) is 112 Å². The zero-order chi connectivity index (χ0) is 22.3. The normalized spacial score (nSPS) is 14.8. The van der Waals surface area contributed by atoms with E-state index in [2.05, 4.69) is 15.6 Å². The number of benzene rings is 1. The van der Waals surface area contributed by atoms with Gasteiger partial charge in [0, 0.05) is 44.5 Å². The number of hydrogen-bond acceptors (Lipinski definition) is 6. The SMILES string of the molecule is O=C(CNC(=O)c1ccc(F)cc1)NCCS(=O)(=O)N1CCN(c2ccccn2)CC1. The summed E-state index contributed by atoms with van der Waals surface area (Å²) in [6.45, 7) is 1.41. The maximum absolute atomic E-state index is 12.9. The number of piperazine rings is 1. The van der Waals surface area contributed by atoms with Gasteiger partial charge in [-0.05, 0) is 36.4 Å². The number of hydrogen-bond donors (Lipinski definition) is 2. The Morgan fingerprint density at radius 2 is 1.71 bits per heavy atom. The average Bonchev–Trinajstić information content (AvgIpc) is 2.78. The van der Waals surface area contributed by atoms with Crippen LogP contribution in [0.25, 0.3) is 0 Å². The van der Waals surface area contributed by atoms with Gasteiger partial charge >= 0.3 is 0 Å². The summed E-state index contributed by atoms with van der Waals surface area (Å²) in [5.74, 6) is -0.906. The predicted octanol–water partition coefficient (Wildman–Crippen LogP) is 0.219. The molecule has 1 aliphatic heterocycles. The first-order valence-electron chi connectivity index (χ1n) is 9.79. The Bertz CT molecular complexity index is 994. The highest BCUT2D eigenvalue weighted by molar-refractivity contribution is 7.89. The first kappa shape index (κ1) is 22.6. The number of amides is 2. The van der Waals surface area contributed by atoms with Crippen LogP contribution in [0.3, 0.4) is 0 Å². The maximum atomic E-state index is 12.9. The zero-order valence-electron chi connectivity index (χ0n) is 16.8. The van der Waals surface area contributed by atoms with E-state index in [0.29, 0.717) is 26.2 Å². The third kappa shape index (κ3) is 6.46. The van der Waals surface area contributed by atoms with E-state index in [1.54, 1.807) is 6.20 Å². The summed E-state index contributed by atoms with van der Waals surface area (Å²) in [5, 5.41) is 4.89. The van der Waals surface area contributed by atoms with Crippen molar-refractivity contribution in [3.05, 3.63) is 60.0 Å². The van der Waals surface area contributed by atoms with Crippen molar-refractivity contribution in [2.24, 2.45) is 0 Å². The third-order valence-corrected chi connectivity index (χ3v) is 6.68. The van der Waals surface area contributed by atoms with E-state index >= 15 is 0 Å². The van der Waals surface area contributed by atoms with Gasteiger partial charge in [0.2, 0.25) is 15.9 Å². The number of halogens is 1.